The number of likely N-dealkylation sites (tertiary alicyclic amines) is 1. The molecule has 1 fully saturated rings. The maximum atomic E-state index is 12.8. The molecule has 0 aliphatic carbocycles. The highest BCUT2D eigenvalue weighted by Gasteiger charge is 2.31. The Morgan fingerprint density at radius 2 is 2.27 bits per heavy atom. The lowest BCUT2D eigenvalue weighted by Crippen LogP contribution is -2.55. The highest BCUT2D eigenvalue weighted by Crippen LogP contribution is 2.29. The van der Waals surface area contributed by atoms with Crippen LogP contribution in [0, 0.1) is 0 Å². The maximum Gasteiger partial charge on any atom is 0.255 e. The Hall–Kier alpha value is -2.05. The molecule has 30 heavy (non-hydrogen) atoms. The number of aromatic amines is 1. The molecule has 12 heteroatoms. The van der Waals surface area contributed by atoms with E-state index in [1.54, 1.807) is 24.9 Å². The molecule has 1 aliphatic rings. The molecule has 0 bridgehead atoms. The highest BCUT2D eigenvalue weighted by molar-refractivity contribution is 7.99. The quantitative estimate of drug-likeness (QED) is 0.389. The number of aromatic nitrogens is 3. The summed E-state index contributed by atoms with van der Waals surface area (Å²) in [4.78, 5) is 19.3. The first-order valence-corrected chi connectivity index (χ1v) is 10.5. The Kier molecular flexibility index (Phi) is 9.18. The zero-order chi connectivity index (χ0) is 20.8. The van der Waals surface area contributed by atoms with Crippen LogP contribution in [0.4, 0.5) is 5.69 Å². The second kappa shape index (κ2) is 11.4. The van der Waals surface area contributed by atoms with Gasteiger partial charge in [-0.3, -0.25) is 14.8 Å². The Bertz CT molecular complexity index is 825. The second-order valence-corrected chi connectivity index (χ2v) is 8.15. The number of piperidine rings is 1. The number of thioether (sulfide) groups is 1. The first kappa shape index (κ1) is 24.2. The second-order valence-electron chi connectivity index (χ2n) is 6.66. The lowest BCUT2D eigenvalue weighted by molar-refractivity contribution is 0.00833. The standard InChI is InChI=1S/C18H25ClN6O3S.H2O/c1-27-15-8-13(20)12(19)7-11(15)17(26)23-14-3-4-25(9-16(14)28-2)5-6-29-18-21-10-22-24-18;/h7-8,10,14,16H,3-6,9,20H2,1-2H3,(H,23,26)(H,21,22,24);1H2. The van der Waals surface area contributed by atoms with Gasteiger partial charge in [-0.25, -0.2) is 4.98 Å². The van der Waals surface area contributed by atoms with Gasteiger partial charge in [-0.15, -0.1) is 0 Å². The number of ether oxygens (including phenoxy) is 2. The van der Waals surface area contributed by atoms with Gasteiger partial charge < -0.3 is 26.0 Å². The molecule has 2 atom stereocenters. The van der Waals surface area contributed by atoms with Crippen LogP contribution in [0.1, 0.15) is 16.8 Å². The van der Waals surface area contributed by atoms with E-state index >= 15 is 0 Å². The van der Waals surface area contributed by atoms with Crippen LogP contribution in [0.3, 0.4) is 0 Å². The first-order valence-electron chi connectivity index (χ1n) is 9.19. The van der Waals surface area contributed by atoms with Gasteiger partial charge in [-0.05, 0) is 12.5 Å². The number of amides is 1. The average Bonchev–Trinajstić information content (AvgIpc) is 3.24. The fourth-order valence-corrected chi connectivity index (χ4v) is 4.23. The lowest BCUT2D eigenvalue weighted by atomic mass is 10.0. The molecule has 1 amide bonds. The van der Waals surface area contributed by atoms with Gasteiger partial charge in [0, 0.05) is 38.6 Å². The van der Waals surface area contributed by atoms with Crippen LogP contribution in [-0.4, -0.2) is 83.2 Å². The van der Waals surface area contributed by atoms with E-state index in [1.807, 2.05) is 0 Å². The minimum atomic E-state index is -0.259. The third-order valence-corrected chi connectivity index (χ3v) is 6.05. The number of hydrogen-bond donors (Lipinski definition) is 3. The molecule has 3 rings (SSSR count). The Morgan fingerprint density at radius 1 is 1.47 bits per heavy atom. The monoisotopic (exact) mass is 458 g/mol. The van der Waals surface area contributed by atoms with E-state index < -0.39 is 0 Å². The summed E-state index contributed by atoms with van der Waals surface area (Å²) in [5.74, 6) is 1.02. The third-order valence-electron chi connectivity index (χ3n) is 4.87. The van der Waals surface area contributed by atoms with Gasteiger partial charge in [0.1, 0.15) is 12.1 Å². The molecule has 0 saturated carbocycles. The summed E-state index contributed by atoms with van der Waals surface area (Å²) in [6, 6.07) is 2.98. The van der Waals surface area contributed by atoms with Crippen LogP contribution in [-0.2, 0) is 4.74 Å². The van der Waals surface area contributed by atoms with Crippen molar-refractivity contribution in [3.8, 4) is 5.75 Å². The number of nitrogen functional groups attached to an aromatic ring is 1. The summed E-state index contributed by atoms with van der Waals surface area (Å²) in [5, 5.41) is 10.9. The van der Waals surface area contributed by atoms with Crippen molar-refractivity contribution in [2.45, 2.75) is 23.7 Å². The summed E-state index contributed by atoms with van der Waals surface area (Å²) >= 11 is 7.71. The van der Waals surface area contributed by atoms with Crippen molar-refractivity contribution in [2.75, 3.05) is 45.3 Å². The maximum absolute atomic E-state index is 12.8. The molecule has 2 aromatic rings. The van der Waals surface area contributed by atoms with Gasteiger partial charge >= 0.3 is 0 Å². The van der Waals surface area contributed by atoms with Crippen LogP contribution in [0.25, 0.3) is 0 Å². The van der Waals surface area contributed by atoms with Gasteiger partial charge in [0.15, 0.2) is 5.16 Å². The summed E-state index contributed by atoms with van der Waals surface area (Å²) < 4.78 is 10.9. The van der Waals surface area contributed by atoms with E-state index in [4.69, 9.17) is 26.8 Å². The van der Waals surface area contributed by atoms with Crippen molar-refractivity contribution in [3.05, 3.63) is 29.0 Å². The van der Waals surface area contributed by atoms with E-state index in [-0.39, 0.29) is 23.5 Å². The zero-order valence-corrected chi connectivity index (χ0v) is 18.4. The summed E-state index contributed by atoms with van der Waals surface area (Å²) in [5.41, 5.74) is 6.52. The Labute approximate surface area is 184 Å². The van der Waals surface area contributed by atoms with Crippen LogP contribution >= 0.6 is 23.4 Å². The van der Waals surface area contributed by atoms with Crippen molar-refractivity contribution in [2.24, 2.45) is 0 Å². The molecule has 0 radical (unpaired) electrons. The summed E-state index contributed by atoms with van der Waals surface area (Å²) in [7, 11) is 3.16. The van der Waals surface area contributed by atoms with E-state index in [9.17, 15) is 4.79 Å². The van der Waals surface area contributed by atoms with Gasteiger partial charge in [0.05, 0.1) is 35.5 Å². The van der Waals surface area contributed by atoms with Gasteiger partial charge in [0.25, 0.3) is 5.91 Å². The van der Waals surface area contributed by atoms with Crippen LogP contribution < -0.4 is 15.8 Å². The number of halogens is 1. The van der Waals surface area contributed by atoms with E-state index in [0.29, 0.717) is 22.0 Å². The molecular weight excluding hydrogens is 432 g/mol. The highest BCUT2D eigenvalue weighted by atomic mass is 35.5. The smallest absolute Gasteiger partial charge is 0.255 e. The number of H-pyrrole nitrogens is 1. The predicted molar refractivity (Wildman–Crippen MR) is 116 cm³/mol. The largest absolute Gasteiger partial charge is 0.496 e. The SMILES string of the molecule is COc1cc(N)c(Cl)cc1C(=O)NC1CCN(CCSc2ncn[nH]2)CC1OC.O. The van der Waals surface area contributed by atoms with Gasteiger partial charge in [0.2, 0.25) is 0 Å². The van der Waals surface area contributed by atoms with Crippen LogP contribution in [0.5, 0.6) is 5.75 Å². The number of methoxy groups -OCH3 is 2. The van der Waals surface area contributed by atoms with Gasteiger partial charge in [-0.1, -0.05) is 23.4 Å². The molecule has 1 aromatic heterocycles. The molecule has 0 spiro atoms. The number of carbonyl (C=O) groups excluding carboxylic acids is 1. The summed E-state index contributed by atoms with van der Waals surface area (Å²) in [6.07, 6.45) is 2.17. The Morgan fingerprint density at radius 3 is 2.93 bits per heavy atom. The number of nitrogens with two attached hydrogens (primary N) is 1. The topological polar surface area (TPSA) is 150 Å². The first-order chi connectivity index (χ1) is 14.0. The fourth-order valence-electron chi connectivity index (χ4n) is 3.28. The fraction of sp³-hybridized carbons (Fsp3) is 0.500. The minimum Gasteiger partial charge on any atom is -0.496 e. The lowest BCUT2D eigenvalue weighted by Gasteiger charge is -2.38. The molecule has 1 saturated heterocycles. The predicted octanol–water partition coefficient (Wildman–Crippen LogP) is 0.836. The number of benzene rings is 1. The molecule has 2 heterocycles. The average molecular weight is 459 g/mol. The molecule has 1 aromatic carbocycles. The van der Waals surface area contributed by atoms with Crippen molar-refractivity contribution >= 4 is 35.0 Å². The normalized spacial score (nSPS) is 19.2. The van der Waals surface area contributed by atoms with Crippen molar-refractivity contribution < 1.29 is 19.7 Å². The Balaban J connectivity index is 0.00000320. The minimum absolute atomic E-state index is 0. The molecule has 1 aliphatic heterocycles. The van der Waals surface area contributed by atoms with Crippen molar-refractivity contribution in [1.82, 2.24) is 25.4 Å². The van der Waals surface area contributed by atoms with Crippen LogP contribution in [0.2, 0.25) is 5.02 Å². The summed E-state index contributed by atoms with van der Waals surface area (Å²) in [6.45, 7) is 2.49. The van der Waals surface area contributed by atoms with E-state index in [0.717, 1.165) is 37.0 Å². The molecule has 166 valence electrons. The van der Waals surface area contributed by atoms with Gasteiger partial charge in [-0.2, -0.15) is 5.10 Å². The molecule has 10 nitrogen and oxygen atoms in total. The van der Waals surface area contributed by atoms with Crippen LogP contribution in [0.15, 0.2) is 23.6 Å². The number of nitrogens with one attached hydrogen (secondary N) is 2. The number of nitrogens with zero attached hydrogens (tertiary/aromatic N) is 3. The molecule has 6 N–H and O–H groups in total. The van der Waals surface area contributed by atoms with E-state index in [1.165, 1.54) is 19.5 Å². The third kappa shape index (κ3) is 5.99. The number of carbonyl (C=O) groups is 1. The van der Waals surface area contributed by atoms with Crippen molar-refractivity contribution in [3.63, 3.8) is 0 Å². The number of anilines is 1. The number of rotatable bonds is 8. The number of hydrogen-bond acceptors (Lipinski definition) is 8. The van der Waals surface area contributed by atoms with Crippen molar-refractivity contribution in [1.29, 1.82) is 0 Å². The zero-order valence-electron chi connectivity index (χ0n) is 16.9. The molecular formula is C18H27ClN6O4S. The molecule has 2 unspecified atom stereocenters. The van der Waals surface area contributed by atoms with E-state index in [2.05, 4.69) is 25.4 Å².